The zero-order valence-corrected chi connectivity index (χ0v) is 31.7. The van der Waals surface area contributed by atoms with Crippen LogP contribution in [-0.4, -0.2) is 27.8 Å². The van der Waals surface area contributed by atoms with E-state index >= 15 is 0 Å². The van der Waals surface area contributed by atoms with Crippen LogP contribution in [0.4, 0.5) is 0 Å². The van der Waals surface area contributed by atoms with E-state index in [9.17, 15) is 14.4 Å². The third-order valence-electron chi connectivity index (χ3n) is 8.80. The summed E-state index contributed by atoms with van der Waals surface area (Å²) in [6.07, 6.45) is 24.7. The van der Waals surface area contributed by atoms with Crippen molar-refractivity contribution in [1.29, 1.82) is 0 Å². The predicted octanol–water partition coefficient (Wildman–Crippen LogP) is 9.68. The number of amides is 2. The lowest BCUT2D eigenvalue weighted by atomic mass is 10.1. The topological polar surface area (TPSA) is 110 Å². The number of nitrogens with one attached hydrogen (secondary N) is 2. The molecule has 8 heteroatoms. The standard InChI is InChI=1S/C45H58N4O4/c1-2-3-4-5-6-7-8-9-10-11-12-13-14-15-16-17-18-19-20-21-22-23-30-43(50)53-42-34-38(44(51)48-36-40-28-24-26-31-46-40)33-39(35-42)45(52)49-37-41-29-25-27-32-47-41/h24-29,31-35H,2-12,17-23,30,36-37H2,1H3,(H,48,51)(H,49,52). The van der Waals surface area contributed by atoms with E-state index in [1.165, 1.54) is 82.4 Å². The quantitative estimate of drug-likeness (QED) is 0.0391. The predicted molar refractivity (Wildman–Crippen MR) is 212 cm³/mol. The highest BCUT2D eigenvalue weighted by atomic mass is 16.5. The molecule has 53 heavy (non-hydrogen) atoms. The normalized spacial score (nSPS) is 10.4. The van der Waals surface area contributed by atoms with Crippen LogP contribution in [0.2, 0.25) is 0 Å². The molecule has 1 aromatic carbocycles. The molecule has 0 fully saturated rings. The number of rotatable bonds is 25. The molecule has 0 spiro atoms. The van der Waals surface area contributed by atoms with E-state index in [0.29, 0.717) is 17.8 Å². The Labute approximate surface area is 317 Å². The molecule has 0 radical (unpaired) electrons. The number of nitrogens with zero attached hydrogens (tertiary/aromatic N) is 2. The van der Waals surface area contributed by atoms with Crippen molar-refractivity contribution in [1.82, 2.24) is 20.6 Å². The third kappa shape index (κ3) is 20.0. The summed E-state index contributed by atoms with van der Waals surface area (Å²) in [6, 6.07) is 15.3. The van der Waals surface area contributed by atoms with Crippen LogP contribution in [0.25, 0.3) is 0 Å². The van der Waals surface area contributed by atoms with Crippen LogP contribution < -0.4 is 15.4 Å². The average Bonchev–Trinajstić information content (AvgIpc) is 3.18. The van der Waals surface area contributed by atoms with Gasteiger partial charge in [-0.05, 0) is 73.6 Å². The van der Waals surface area contributed by atoms with Crippen molar-refractivity contribution in [3.05, 3.63) is 89.5 Å². The number of esters is 1. The number of carbonyl (C=O) groups is 3. The van der Waals surface area contributed by atoms with E-state index in [1.807, 2.05) is 12.1 Å². The van der Waals surface area contributed by atoms with Crippen molar-refractivity contribution in [3.63, 3.8) is 0 Å². The summed E-state index contributed by atoms with van der Waals surface area (Å²) in [7, 11) is 0. The summed E-state index contributed by atoms with van der Waals surface area (Å²) in [6.45, 7) is 2.69. The molecule has 0 saturated carbocycles. The molecule has 0 bridgehead atoms. The molecule has 0 aliphatic rings. The van der Waals surface area contributed by atoms with Crippen LogP contribution in [0.1, 0.15) is 161 Å². The first-order valence-electron chi connectivity index (χ1n) is 19.7. The maximum atomic E-state index is 13.1. The zero-order valence-electron chi connectivity index (χ0n) is 31.7. The van der Waals surface area contributed by atoms with Gasteiger partial charge < -0.3 is 15.4 Å². The molecule has 0 unspecified atom stereocenters. The van der Waals surface area contributed by atoms with Gasteiger partial charge in [0, 0.05) is 42.8 Å². The van der Waals surface area contributed by atoms with Crippen LogP contribution in [0.15, 0.2) is 67.0 Å². The summed E-state index contributed by atoms with van der Waals surface area (Å²) in [5, 5.41) is 5.63. The first-order chi connectivity index (χ1) is 26.0. The Hall–Kier alpha value is -4.95. The van der Waals surface area contributed by atoms with Crippen molar-refractivity contribution in [2.75, 3.05) is 0 Å². The van der Waals surface area contributed by atoms with Gasteiger partial charge in [-0.2, -0.15) is 0 Å². The van der Waals surface area contributed by atoms with Gasteiger partial charge in [-0.25, -0.2) is 0 Å². The van der Waals surface area contributed by atoms with E-state index in [0.717, 1.165) is 44.9 Å². The van der Waals surface area contributed by atoms with E-state index in [-0.39, 0.29) is 36.4 Å². The molecule has 2 heterocycles. The van der Waals surface area contributed by atoms with Gasteiger partial charge in [-0.15, -0.1) is 0 Å². The summed E-state index contributed by atoms with van der Waals surface area (Å²) < 4.78 is 5.62. The fourth-order valence-electron chi connectivity index (χ4n) is 5.76. The van der Waals surface area contributed by atoms with Gasteiger partial charge in [0.2, 0.25) is 0 Å². The Morgan fingerprint density at radius 3 is 1.49 bits per heavy atom. The summed E-state index contributed by atoms with van der Waals surface area (Å²) in [5.74, 6) is 11.3. The number of ether oxygens (including phenoxy) is 1. The number of benzene rings is 1. The molecular weight excluding hydrogens is 661 g/mol. The molecule has 3 rings (SSSR count). The summed E-state index contributed by atoms with van der Waals surface area (Å²) in [4.78, 5) is 47.3. The molecule has 2 aromatic heterocycles. The summed E-state index contributed by atoms with van der Waals surface area (Å²) in [5.41, 5.74) is 1.80. The molecule has 0 saturated heterocycles. The molecule has 2 N–H and O–H groups in total. The van der Waals surface area contributed by atoms with E-state index in [2.05, 4.69) is 51.2 Å². The van der Waals surface area contributed by atoms with Crippen molar-refractivity contribution in [2.45, 2.75) is 142 Å². The third-order valence-corrected chi connectivity index (χ3v) is 8.80. The van der Waals surface area contributed by atoms with Crippen LogP contribution in [0.5, 0.6) is 5.75 Å². The van der Waals surface area contributed by atoms with Crippen LogP contribution >= 0.6 is 0 Å². The number of aromatic nitrogens is 2. The van der Waals surface area contributed by atoms with Gasteiger partial charge >= 0.3 is 5.97 Å². The highest BCUT2D eigenvalue weighted by molar-refractivity contribution is 6.00. The minimum absolute atomic E-state index is 0.146. The number of carbonyl (C=O) groups excluding carboxylic acids is 3. The monoisotopic (exact) mass is 718 g/mol. The van der Waals surface area contributed by atoms with E-state index in [1.54, 1.807) is 36.7 Å². The molecule has 0 atom stereocenters. The average molecular weight is 719 g/mol. The molecule has 0 aliphatic heterocycles. The Morgan fingerprint density at radius 1 is 0.585 bits per heavy atom. The number of hydrogen-bond donors (Lipinski definition) is 2. The molecule has 282 valence electrons. The van der Waals surface area contributed by atoms with E-state index in [4.69, 9.17) is 4.74 Å². The smallest absolute Gasteiger partial charge is 0.311 e. The van der Waals surface area contributed by atoms with Gasteiger partial charge in [0.15, 0.2) is 0 Å². The van der Waals surface area contributed by atoms with Gasteiger partial charge in [-0.3, -0.25) is 24.4 Å². The van der Waals surface area contributed by atoms with Gasteiger partial charge in [0.25, 0.3) is 11.8 Å². The zero-order chi connectivity index (χ0) is 37.6. The van der Waals surface area contributed by atoms with Gasteiger partial charge in [0.05, 0.1) is 24.5 Å². The Kier molecular flexibility index (Phi) is 22.2. The fraction of sp³-hybridized carbons (Fsp3) is 0.489. The Morgan fingerprint density at radius 2 is 1.04 bits per heavy atom. The molecule has 2 amide bonds. The second-order valence-electron chi connectivity index (χ2n) is 13.4. The number of hydrogen-bond acceptors (Lipinski definition) is 6. The van der Waals surface area contributed by atoms with Crippen molar-refractivity contribution in [3.8, 4) is 29.4 Å². The first-order valence-corrected chi connectivity index (χ1v) is 19.7. The highest BCUT2D eigenvalue weighted by Gasteiger charge is 2.16. The van der Waals surface area contributed by atoms with Gasteiger partial charge in [-0.1, -0.05) is 114 Å². The lowest BCUT2D eigenvalue weighted by Gasteiger charge is -2.11. The molecule has 3 aromatic rings. The lowest BCUT2D eigenvalue weighted by molar-refractivity contribution is -0.134. The maximum Gasteiger partial charge on any atom is 0.311 e. The van der Waals surface area contributed by atoms with Crippen LogP contribution in [0, 0.1) is 23.7 Å². The van der Waals surface area contributed by atoms with Crippen molar-refractivity contribution < 1.29 is 19.1 Å². The molecule has 8 nitrogen and oxygen atoms in total. The van der Waals surface area contributed by atoms with Crippen molar-refractivity contribution >= 4 is 17.8 Å². The van der Waals surface area contributed by atoms with Gasteiger partial charge in [0.1, 0.15) is 5.75 Å². The minimum Gasteiger partial charge on any atom is -0.426 e. The largest absolute Gasteiger partial charge is 0.426 e. The highest BCUT2D eigenvalue weighted by Crippen LogP contribution is 2.20. The van der Waals surface area contributed by atoms with E-state index < -0.39 is 17.8 Å². The minimum atomic E-state index is -0.411. The Balaban J connectivity index is 1.31. The lowest BCUT2D eigenvalue weighted by Crippen LogP contribution is -2.26. The first kappa shape index (κ1) is 42.5. The number of pyridine rings is 2. The fourth-order valence-corrected chi connectivity index (χ4v) is 5.76. The summed E-state index contributed by atoms with van der Waals surface area (Å²) >= 11 is 0. The number of unbranched alkanes of at least 4 members (excludes halogenated alkanes) is 16. The second-order valence-corrected chi connectivity index (χ2v) is 13.4. The second kappa shape index (κ2) is 27.7. The molecule has 0 aliphatic carbocycles. The Bertz CT molecular complexity index is 1550. The maximum absolute atomic E-state index is 13.1. The van der Waals surface area contributed by atoms with Crippen LogP contribution in [-0.2, 0) is 17.9 Å². The molecular formula is C45H58N4O4. The van der Waals surface area contributed by atoms with Crippen molar-refractivity contribution in [2.24, 2.45) is 0 Å². The SMILES string of the molecule is CCCCCCCCCCCCC#CC#CCCCCCCCCC(=O)Oc1cc(C(=O)NCc2ccccn2)cc(C(=O)NCc2ccccn2)c1. The van der Waals surface area contributed by atoms with Crippen LogP contribution in [0.3, 0.4) is 0 Å².